The molecule has 7 nitrogen and oxygen atoms in total. The van der Waals surface area contributed by atoms with Gasteiger partial charge in [-0.05, 0) is 0 Å². The van der Waals surface area contributed by atoms with Crippen LogP contribution in [-0.2, 0) is 25.2 Å². The van der Waals surface area contributed by atoms with E-state index >= 15 is 0 Å². The largest absolute Gasteiger partial charge is 0.480 e. The minimum Gasteiger partial charge on any atom is -0.480 e. The van der Waals surface area contributed by atoms with E-state index in [0.29, 0.717) is 4.88 Å². The molecule has 0 radical (unpaired) electrons. The fraction of sp³-hybridized carbons (Fsp3) is 0.444. The van der Waals surface area contributed by atoms with Crippen molar-refractivity contribution < 1.29 is 23.1 Å². The number of nitrogens with one attached hydrogen (secondary N) is 1. The van der Waals surface area contributed by atoms with E-state index in [2.05, 4.69) is 10.3 Å². The molecule has 0 aromatic carbocycles. The van der Waals surface area contributed by atoms with Crippen molar-refractivity contribution in [3.8, 4) is 0 Å². The molecule has 18 heavy (non-hydrogen) atoms. The molecule has 1 heterocycles. The highest BCUT2D eigenvalue weighted by atomic mass is 32.2. The Bertz CT molecular complexity index is 523. The molecule has 1 aromatic heterocycles. The average Bonchev–Trinajstić information content (AvgIpc) is 2.67. The first-order chi connectivity index (χ1) is 8.30. The number of carboxylic acids is 1. The van der Waals surface area contributed by atoms with Crippen molar-refractivity contribution >= 4 is 33.1 Å². The third-order valence-corrected chi connectivity index (χ3v) is 4.50. The lowest BCUT2D eigenvalue weighted by Crippen LogP contribution is -2.44. The minimum atomic E-state index is -3.62. The summed E-state index contributed by atoms with van der Waals surface area (Å²) in [5.74, 6) is -2.88. The molecule has 9 heteroatoms. The average molecular weight is 292 g/mol. The zero-order valence-electron chi connectivity index (χ0n) is 9.49. The Morgan fingerprint density at radius 3 is 2.67 bits per heavy atom. The number of aliphatic carboxylic acids is 1. The number of carbonyl (C=O) groups is 2. The molecular weight excluding hydrogens is 280 g/mol. The van der Waals surface area contributed by atoms with Crippen molar-refractivity contribution in [1.82, 2.24) is 10.3 Å². The molecule has 1 atom stereocenters. The van der Waals surface area contributed by atoms with Crippen LogP contribution in [0.5, 0.6) is 0 Å². The summed E-state index contributed by atoms with van der Waals surface area (Å²) in [6.07, 6.45) is 1.41. The third kappa shape index (κ3) is 4.80. The number of sulfone groups is 1. The van der Waals surface area contributed by atoms with E-state index in [4.69, 9.17) is 5.11 Å². The van der Waals surface area contributed by atoms with Crippen LogP contribution in [-0.4, -0.2) is 42.2 Å². The van der Waals surface area contributed by atoms with Crippen molar-refractivity contribution in [2.75, 3.05) is 5.75 Å². The van der Waals surface area contributed by atoms with Gasteiger partial charge in [-0.3, -0.25) is 9.78 Å². The van der Waals surface area contributed by atoms with E-state index in [1.807, 2.05) is 0 Å². The van der Waals surface area contributed by atoms with Gasteiger partial charge in [-0.25, -0.2) is 13.2 Å². The lowest BCUT2D eigenvalue weighted by atomic mass is 10.3. The Kier molecular flexibility index (Phi) is 4.79. The summed E-state index contributed by atoms with van der Waals surface area (Å²) in [7, 11) is -3.62. The molecule has 0 saturated heterocycles. The van der Waals surface area contributed by atoms with Crippen molar-refractivity contribution in [3.63, 3.8) is 0 Å². The van der Waals surface area contributed by atoms with E-state index < -0.39 is 33.5 Å². The molecule has 1 rings (SSSR count). The fourth-order valence-corrected chi connectivity index (χ4v) is 3.81. The van der Waals surface area contributed by atoms with Gasteiger partial charge in [0.1, 0.15) is 6.04 Å². The highest BCUT2D eigenvalue weighted by molar-refractivity contribution is 7.90. The Morgan fingerprint density at radius 2 is 2.22 bits per heavy atom. The smallest absolute Gasteiger partial charge is 0.327 e. The van der Waals surface area contributed by atoms with Gasteiger partial charge in [0.2, 0.25) is 5.91 Å². The van der Waals surface area contributed by atoms with Crippen molar-refractivity contribution in [1.29, 1.82) is 0 Å². The monoisotopic (exact) mass is 292 g/mol. The van der Waals surface area contributed by atoms with Crippen LogP contribution in [0, 0.1) is 0 Å². The Labute approximate surface area is 108 Å². The van der Waals surface area contributed by atoms with Crippen LogP contribution in [0.3, 0.4) is 0 Å². The molecule has 1 amide bonds. The van der Waals surface area contributed by atoms with Gasteiger partial charge in [-0.2, -0.15) is 0 Å². The van der Waals surface area contributed by atoms with E-state index in [-0.39, 0.29) is 5.75 Å². The molecule has 0 aliphatic rings. The van der Waals surface area contributed by atoms with Crippen molar-refractivity contribution in [2.24, 2.45) is 0 Å². The SMILES string of the molecule is CC(=O)NC(CS(=O)(=O)Cc1cncs1)C(=O)O. The number of hydrogen-bond acceptors (Lipinski definition) is 6. The molecule has 2 N–H and O–H groups in total. The van der Waals surface area contributed by atoms with E-state index in [1.54, 1.807) is 0 Å². The van der Waals surface area contributed by atoms with Crippen LogP contribution in [0.2, 0.25) is 0 Å². The van der Waals surface area contributed by atoms with Crippen molar-refractivity contribution in [2.45, 2.75) is 18.7 Å². The summed E-state index contributed by atoms with van der Waals surface area (Å²) >= 11 is 1.17. The van der Waals surface area contributed by atoms with E-state index in [1.165, 1.54) is 23.0 Å². The van der Waals surface area contributed by atoms with Gasteiger partial charge in [-0.15, -0.1) is 11.3 Å². The molecular formula is C9H12N2O5S2. The zero-order chi connectivity index (χ0) is 13.8. The summed E-state index contributed by atoms with van der Waals surface area (Å²) in [5, 5.41) is 10.9. The summed E-state index contributed by atoms with van der Waals surface area (Å²) in [6, 6.07) is -1.43. The van der Waals surface area contributed by atoms with Crippen molar-refractivity contribution in [3.05, 3.63) is 16.6 Å². The lowest BCUT2D eigenvalue weighted by molar-refractivity contribution is -0.140. The highest BCUT2D eigenvalue weighted by Crippen LogP contribution is 2.11. The number of carboxylic acid groups (broad SMARTS) is 1. The Balaban J connectivity index is 2.73. The second-order valence-corrected chi connectivity index (χ2v) is 6.69. The highest BCUT2D eigenvalue weighted by Gasteiger charge is 2.26. The van der Waals surface area contributed by atoms with Gasteiger partial charge < -0.3 is 10.4 Å². The Hall–Kier alpha value is -1.48. The molecule has 0 fully saturated rings. The minimum absolute atomic E-state index is 0.277. The summed E-state index contributed by atoms with van der Waals surface area (Å²) in [5.41, 5.74) is 1.49. The maximum absolute atomic E-state index is 11.8. The quantitative estimate of drug-likeness (QED) is 0.740. The van der Waals surface area contributed by atoms with Crippen LogP contribution in [0.15, 0.2) is 11.7 Å². The number of aromatic nitrogens is 1. The maximum atomic E-state index is 11.8. The molecule has 0 aliphatic heterocycles. The normalized spacial score (nSPS) is 12.9. The fourth-order valence-electron chi connectivity index (χ4n) is 1.26. The number of hydrogen-bond donors (Lipinski definition) is 2. The first-order valence-corrected chi connectivity index (χ1v) is 7.58. The molecule has 0 spiro atoms. The molecule has 1 aromatic rings. The number of amides is 1. The standard InChI is InChI=1S/C9H12N2O5S2/c1-6(12)11-8(9(13)14)4-18(15,16)3-7-2-10-5-17-7/h2,5,8H,3-4H2,1H3,(H,11,12)(H,13,14). The number of carbonyl (C=O) groups excluding carboxylic acids is 1. The van der Waals surface area contributed by atoms with Crippen LogP contribution in [0.1, 0.15) is 11.8 Å². The van der Waals surface area contributed by atoms with E-state index in [0.717, 1.165) is 6.92 Å². The van der Waals surface area contributed by atoms with Gasteiger partial charge in [-0.1, -0.05) is 0 Å². The first-order valence-electron chi connectivity index (χ1n) is 4.88. The molecule has 1 unspecified atom stereocenters. The Morgan fingerprint density at radius 1 is 1.56 bits per heavy atom. The van der Waals surface area contributed by atoms with Crippen LogP contribution < -0.4 is 5.32 Å². The number of thiazole rings is 1. The summed E-state index contributed by atoms with van der Waals surface area (Å²) < 4.78 is 23.5. The lowest BCUT2D eigenvalue weighted by Gasteiger charge is -2.12. The molecule has 0 saturated carbocycles. The molecule has 0 aliphatic carbocycles. The second kappa shape index (κ2) is 5.91. The van der Waals surface area contributed by atoms with Gasteiger partial charge in [0.25, 0.3) is 0 Å². The van der Waals surface area contributed by atoms with Gasteiger partial charge in [0.15, 0.2) is 9.84 Å². The third-order valence-electron chi connectivity index (χ3n) is 1.94. The van der Waals surface area contributed by atoms with Crippen LogP contribution in [0.25, 0.3) is 0 Å². The van der Waals surface area contributed by atoms with Gasteiger partial charge in [0.05, 0.1) is 17.0 Å². The predicted molar refractivity (Wildman–Crippen MR) is 64.8 cm³/mol. The van der Waals surface area contributed by atoms with E-state index in [9.17, 15) is 18.0 Å². The molecule has 100 valence electrons. The second-order valence-electron chi connectivity index (χ2n) is 3.61. The van der Waals surface area contributed by atoms with Crippen LogP contribution >= 0.6 is 11.3 Å². The summed E-state index contributed by atoms with van der Waals surface area (Å²) in [6.45, 7) is 1.13. The topological polar surface area (TPSA) is 113 Å². The van der Waals surface area contributed by atoms with Crippen LogP contribution in [0.4, 0.5) is 0 Å². The number of nitrogens with zero attached hydrogens (tertiary/aromatic N) is 1. The van der Waals surface area contributed by atoms with Gasteiger partial charge in [0, 0.05) is 18.0 Å². The summed E-state index contributed by atoms with van der Waals surface area (Å²) in [4.78, 5) is 25.9. The number of rotatable bonds is 6. The maximum Gasteiger partial charge on any atom is 0.327 e. The van der Waals surface area contributed by atoms with Gasteiger partial charge >= 0.3 is 5.97 Å². The predicted octanol–water partition coefficient (Wildman–Crippen LogP) is -0.353. The zero-order valence-corrected chi connectivity index (χ0v) is 11.1. The molecule has 0 bridgehead atoms. The first kappa shape index (κ1) is 14.6.